The minimum atomic E-state index is -1.63. The number of carbonyl (C=O) groups excluding carboxylic acids is 3. The SMILES string of the molecule is COc1cccc(C(=O)[C@@H]2[C@@H](c3cccnc3)C3(C(=O)c4ccccc4C3=O)[C@H]3C=Cc4cc(F)ccc4N23)c1. The van der Waals surface area contributed by atoms with Crippen LogP contribution in [0.1, 0.15) is 48.1 Å². The Bertz CT molecular complexity index is 1710. The second-order valence-electron chi connectivity index (χ2n) is 10.3. The zero-order chi connectivity index (χ0) is 27.6. The maximum absolute atomic E-state index is 14.6. The molecule has 3 aliphatic rings. The molecule has 4 aromatic rings. The number of fused-ring (bicyclic) bond motifs is 5. The molecule has 1 spiro atoms. The third kappa shape index (κ3) is 3.14. The first-order chi connectivity index (χ1) is 19.5. The molecule has 0 N–H and O–H groups in total. The van der Waals surface area contributed by atoms with Gasteiger partial charge in [0.2, 0.25) is 0 Å². The fourth-order valence-corrected chi connectivity index (χ4v) is 6.83. The molecule has 1 aromatic heterocycles. The highest BCUT2D eigenvalue weighted by atomic mass is 19.1. The molecule has 1 saturated heterocycles. The van der Waals surface area contributed by atoms with Crippen LogP contribution < -0.4 is 9.64 Å². The van der Waals surface area contributed by atoms with Crippen molar-refractivity contribution >= 4 is 29.1 Å². The van der Waals surface area contributed by atoms with Crippen LogP contribution in [0.3, 0.4) is 0 Å². The Morgan fingerprint density at radius 2 is 1.73 bits per heavy atom. The first-order valence-corrected chi connectivity index (χ1v) is 13.0. The van der Waals surface area contributed by atoms with Gasteiger partial charge in [0.1, 0.15) is 23.0 Å². The Morgan fingerprint density at radius 3 is 2.42 bits per heavy atom. The number of methoxy groups -OCH3 is 1. The maximum atomic E-state index is 14.6. The van der Waals surface area contributed by atoms with E-state index in [2.05, 4.69) is 4.98 Å². The number of Topliss-reactive ketones (excluding diaryl/α,β-unsaturated/α-hetero) is 3. The molecule has 6 nitrogen and oxygen atoms in total. The fourth-order valence-electron chi connectivity index (χ4n) is 6.83. The van der Waals surface area contributed by atoms with Crippen molar-refractivity contribution in [1.82, 2.24) is 4.98 Å². The minimum absolute atomic E-state index is 0.281. The molecule has 7 heteroatoms. The predicted octanol–water partition coefficient (Wildman–Crippen LogP) is 5.55. The first kappa shape index (κ1) is 24.2. The van der Waals surface area contributed by atoms with Gasteiger partial charge >= 0.3 is 0 Å². The number of hydrogen-bond acceptors (Lipinski definition) is 6. The number of ketones is 3. The number of anilines is 1. The third-order valence-electron chi connectivity index (χ3n) is 8.43. The molecule has 3 heterocycles. The number of benzene rings is 3. The van der Waals surface area contributed by atoms with Crippen molar-refractivity contribution in [2.24, 2.45) is 5.41 Å². The average molecular weight is 531 g/mol. The van der Waals surface area contributed by atoms with Gasteiger partial charge in [0, 0.05) is 46.3 Å². The molecular weight excluding hydrogens is 507 g/mol. The van der Waals surface area contributed by atoms with Crippen LogP contribution in [-0.2, 0) is 0 Å². The zero-order valence-electron chi connectivity index (χ0n) is 21.5. The van der Waals surface area contributed by atoms with E-state index in [-0.39, 0.29) is 17.3 Å². The van der Waals surface area contributed by atoms with Crippen molar-refractivity contribution in [1.29, 1.82) is 0 Å². The molecule has 196 valence electrons. The quantitative estimate of drug-likeness (QED) is 0.255. The summed E-state index contributed by atoms with van der Waals surface area (Å²) in [5.41, 5.74) is 1.18. The van der Waals surface area contributed by atoms with Gasteiger partial charge in [-0.1, -0.05) is 54.6 Å². The van der Waals surface area contributed by atoms with Crippen LogP contribution in [0, 0.1) is 11.2 Å². The number of nitrogens with zero attached hydrogens (tertiary/aromatic N) is 2. The maximum Gasteiger partial charge on any atom is 0.186 e. The monoisotopic (exact) mass is 530 g/mol. The number of aromatic nitrogens is 1. The Balaban J connectivity index is 1.54. The largest absolute Gasteiger partial charge is 0.497 e. The summed E-state index contributed by atoms with van der Waals surface area (Å²) in [4.78, 5) is 49.9. The van der Waals surface area contributed by atoms with Crippen molar-refractivity contribution in [3.63, 3.8) is 0 Å². The number of halogens is 1. The van der Waals surface area contributed by atoms with E-state index in [9.17, 15) is 18.8 Å². The lowest BCUT2D eigenvalue weighted by molar-refractivity contribution is 0.0665. The summed E-state index contributed by atoms with van der Waals surface area (Å²) >= 11 is 0. The van der Waals surface area contributed by atoms with Gasteiger partial charge in [-0.2, -0.15) is 0 Å². The Labute approximate surface area is 229 Å². The number of ether oxygens (including phenoxy) is 1. The molecule has 0 bridgehead atoms. The molecule has 0 saturated carbocycles. The lowest BCUT2D eigenvalue weighted by Crippen LogP contribution is -2.48. The van der Waals surface area contributed by atoms with Crippen molar-refractivity contribution in [3.05, 3.63) is 131 Å². The molecule has 1 fully saturated rings. The van der Waals surface area contributed by atoms with E-state index < -0.39 is 29.2 Å². The fraction of sp³-hybridized carbons (Fsp3) is 0.152. The average Bonchev–Trinajstić information content (AvgIpc) is 3.43. The molecule has 2 aliphatic heterocycles. The smallest absolute Gasteiger partial charge is 0.186 e. The van der Waals surface area contributed by atoms with Gasteiger partial charge in [-0.15, -0.1) is 0 Å². The second kappa shape index (κ2) is 8.81. The zero-order valence-corrected chi connectivity index (χ0v) is 21.5. The van der Waals surface area contributed by atoms with Crippen LogP contribution in [0.15, 0.2) is 97.3 Å². The topological polar surface area (TPSA) is 76.6 Å². The van der Waals surface area contributed by atoms with Crippen molar-refractivity contribution < 1.29 is 23.5 Å². The second-order valence-corrected chi connectivity index (χ2v) is 10.3. The van der Waals surface area contributed by atoms with Crippen LogP contribution in [-0.4, -0.2) is 41.5 Å². The van der Waals surface area contributed by atoms with Gasteiger partial charge in [-0.05, 0) is 42.0 Å². The van der Waals surface area contributed by atoms with E-state index in [1.807, 2.05) is 11.0 Å². The normalized spacial score (nSPS) is 21.8. The van der Waals surface area contributed by atoms with E-state index in [4.69, 9.17) is 4.74 Å². The lowest BCUT2D eigenvalue weighted by Gasteiger charge is -2.37. The van der Waals surface area contributed by atoms with Gasteiger partial charge in [0.25, 0.3) is 0 Å². The van der Waals surface area contributed by atoms with Crippen molar-refractivity contribution in [3.8, 4) is 5.75 Å². The Hall–Kier alpha value is -4.91. The molecule has 1 aliphatic carbocycles. The highest BCUT2D eigenvalue weighted by molar-refractivity contribution is 6.32. The number of pyridine rings is 1. The van der Waals surface area contributed by atoms with E-state index in [1.165, 1.54) is 19.2 Å². The summed E-state index contributed by atoms with van der Waals surface area (Å²) in [6, 6.07) is 19.8. The summed E-state index contributed by atoms with van der Waals surface area (Å²) in [6.45, 7) is 0. The lowest BCUT2D eigenvalue weighted by atomic mass is 9.64. The molecule has 40 heavy (non-hydrogen) atoms. The Morgan fingerprint density at radius 1 is 0.950 bits per heavy atom. The van der Waals surface area contributed by atoms with E-state index in [0.717, 1.165) is 0 Å². The summed E-state index contributed by atoms with van der Waals surface area (Å²) in [5.74, 6) is -1.72. The molecule has 3 aromatic carbocycles. The summed E-state index contributed by atoms with van der Waals surface area (Å²) in [7, 11) is 1.52. The van der Waals surface area contributed by atoms with Crippen LogP contribution >= 0.6 is 0 Å². The summed E-state index contributed by atoms with van der Waals surface area (Å²) in [6.07, 6.45) is 6.74. The van der Waals surface area contributed by atoms with E-state index >= 15 is 0 Å². The molecular formula is C33H23FN2O4. The van der Waals surface area contributed by atoms with Crippen LogP contribution in [0.5, 0.6) is 5.75 Å². The third-order valence-corrected chi connectivity index (χ3v) is 8.43. The molecule has 7 rings (SSSR count). The van der Waals surface area contributed by atoms with E-state index in [1.54, 1.807) is 85.2 Å². The molecule has 0 radical (unpaired) electrons. The molecule has 0 amide bonds. The van der Waals surface area contributed by atoms with Crippen LogP contribution in [0.25, 0.3) is 6.08 Å². The van der Waals surface area contributed by atoms with Crippen molar-refractivity contribution in [2.75, 3.05) is 12.0 Å². The number of hydrogen-bond donors (Lipinski definition) is 0. The standard InChI is InChI=1S/C33H23FN2O4/c1-40-23-8-4-6-20(17-23)30(37)29-28(21-7-5-15-35-18-21)33(31(38)24-9-2-3-10-25(24)32(33)39)27-14-11-19-16-22(34)12-13-26(19)36(27)29/h2-18,27-29H,1H3/t27-,28-,29+/m1/s1. The summed E-state index contributed by atoms with van der Waals surface area (Å²) in [5, 5.41) is 0. The number of carbonyl (C=O) groups is 3. The highest BCUT2D eigenvalue weighted by Crippen LogP contribution is 2.60. The molecule has 0 unspecified atom stereocenters. The summed E-state index contributed by atoms with van der Waals surface area (Å²) < 4.78 is 19.7. The Kier molecular flexibility index (Phi) is 5.32. The van der Waals surface area contributed by atoms with Crippen LogP contribution in [0.4, 0.5) is 10.1 Å². The minimum Gasteiger partial charge on any atom is -0.497 e. The number of rotatable bonds is 4. The predicted molar refractivity (Wildman–Crippen MR) is 147 cm³/mol. The first-order valence-electron chi connectivity index (χ1n) is 13.0. The van der Waals surface area contributed by atoms with E-state index in [0.29, 0.717) is 39.3 Å². The molecule has 3 atom stereocenters. The van der Waals surface area contributed by atoms with Gasteiger partial charge in [0.05, 0.1) is 13.2 Å². The van der Waals surface area contributed by atoms with Crippen molar-refractivity contribution in [2.45, 2.75) is 18.0 Å². The van der Waals surface area contributed by atoms with Gasteiger partial charge in [0.15, 0.2) is 17.3 Å². The van der Waals surface area contributed by atoms with Crippen LogP contribution in [0.2, 0.25) is 0 Å². The highest BCUT2D eigenvalue weighted by Gasteiger charge is 2.71. The van der Waals surface area contributed by atoms with Gasteiger partial charge in [-0.3, -0.25) is 19.4 Å². The van der Waals surface area contributed by atoms with Gasteiger partial charge in [-0.25, -0.2) is 4.39 Å². The van der Waals surface area contributed by atoms with Gasteiger partial charge < -0.3 is 9.64 Å².